The number of aromatic carboxylic acids is 1. The van der Waals surface area contributed by atoms with Crippen molar-refractivity contribution in [1.82, 2.24) is 4.98 Å². The Morgan fingerprint density at radius 3 is 3.06 bits per heavy atom. The zero-order valence-corrected chi connectivity index (χ0v) is 10.4. The Morgan fingerprint density at radius 1 is 1.53 bits per heavy atom. The van der Waals surface area contributed by atoms with Gasteiger partial charge in [0, 0.05) is 16.8 Å². The molecular formula is C11H10N2O2S2. The summed E-state index contributed by atoms with van der Waals surface area (Å²) in [5, 5.41) is 10.8. The Labute approximate surface area is 106 Å². The molecule has 88 valence electrons. The summed E-state index contributed by atoms with van der Waals surface area (Å²) in [5.41, 5.74) is 7.20. The summed E-state index contributed by atoms with van der Waals surface area (Å²) in [5.74, 6) is -0.280. The average Bonchev–Trinajstić information content (AvgIpc) is 2.76. The topological polar surface area (TPSA) is 76.2 Å². The fourth-order valence-electron chi connectivity index (χ4n) is 1.32. The molecule has 3 N–H and O–H groups in total. The van der Waals surface area contributed by atoms with Crippen LogP contribution in [0, 0.1) is 0 Å². The molecule has 2 aromatic heterocycles. The van der Waals surface area contributed by atoms with Crippen LogP contribution >= 0.6 is 23.1 Å². The first-order valence-electron chi connectivity index (χ1n) is 4.80. The maximum absolute atomic E-state index is 10.9. The molecule has 2 aromatic rings. The molecule has 0 aromatic carbocycles. The molecule has 0 aliphatic carbocycles. The summed E-state index contributed by atoms with van der Waals surface area (Å²) >= 11 is 2.76. The zero-order chi connectivity index (χ0) is 12.3. The highest BCUT2D eigenvalue weighted by Crippen LogP contribution is 2.29. The van der Waals surface area contributed by atoms with E-state index in [-0.39, 0.29) is 0 Å². The quantitative estimate of drug-likeness (QED) is 0.832. The van der Waals surface area contributed by atoms with Gasteiger partial charge in [-0.1, -0.05) is 0 Å². The van der Waals surface area contributed by atoms with Crippen LogP contribution in [0.25, 0.3) is 0 Å². The normalized spacial score (nSPS) is 10.4. The second-order valence-corrected chi connectivity index (χ2v) is 5.22. The van der Waals surface area contributed by atoms with E-state index in [0.29, 0.717) is 16.3 Å². The molecule has 0 saturated carbocycles. The number of aromatic nitrogens is 1. The number of nitrogens with two attached hydrogens (primary N) is 1. The van der Waals surface area contributed by atoms with E-state index < -0.39 is 5.97 Å². The van der Waals surface area contributed by atoms with Crippen molar-refractivity contribution in [2.24, 2.45) is 0 Å². The Hall–Kier alpha value is -1.53. The standard InChI is InChI=1S/C11H10N2O2S2/c12-8-5-13-3-1-9(8)17-6-7-2-4-16-10(7)11(14)15/h1-5H,6,12H2,(H,14,15). The maximum atomic E-state index is 10.9. The number of hydrogen-bond donors (Lipinski definition) is 2. The highest BCUT2D eigenvalue weighted by Gasteiger charge is 2.12. The van der Waals surface area contributed by atoms with E-state index in [0.717, 1.165) is 10.5 Å². The van der Waals surface area contributed by atoms with Crippen LogP contribution in [-0.4, -0.2) is 16.1 Å². The molecule has 0 aliphatic heterocycles. The predicted octanol–water partition coefficient (Wildman–Crippen LogP) is 2.72. The molecule has 4 nitrogen and oxygen atoms in total. The second kappa shape index (κ2) is 5.20. The van der Waals surface area contributed by atoms with Crippen molar-refractivity contribution in [2.45, 2.75) is 10.6 Å². The summed E-state index contributed by atoms with van der Waals surface area (Å²) in [6.07, 6.45) is 3.26. The van der Waals surface area contributed by atoms with Crippen LogP contribution in [0.3, 0.4) is 0 Å². The smallest absolute Gasteiger partial charge is 0.346 e. The highest BCUT2D eigenvalue weighted by molar-refractivity contribution is 7.98. The molecule has 6 heteroatoms. The van der Waals surface area contributed by atoms with E-state index in [1.54, 1.807) is 17.8 Å². The molecule has 2 rings (SSSR count). The van der Waals surface area contributed by atoms with Gasteiger partial charge in [0.2, 0.25) is 0 Å². The fourth-order valence-corrected chi connectivity index (χ4v) is 3.10. The number of thiophene rings is 1. The van der Waals surface area contributed by atoms with Gasteiger partial charge < -0.3 is 10.8 Å². The number of thioether (sulfide) groups is 1. The van der Waals surface area contributed by atoms with Gasteiger partial charge in [0.05, 0.1) is 11.9 Å². The summed E-state index contributed by atoms with van der Waals surface area (Å²) in [4.78, 5) is 16.1. The number of rotatable bonds is 4. The molecule has 0 saturated heterocycles. The van der Waals surface area contributed by atoms with Gasteiger partial charge >= 0.3 is 5.97 Å². The lowest BCUT2D eigenvalue weighted by Gasteiger charge is -2.04. The van der Waals surface area contributed by atoms with Gasteiger partial charge in [-0.05, 0) is 23.1 Å². The molecule has 0 atom stereocenters. The van der Waals surface area contributed by atoms with Gasteiger partial charge in [-0.3, -0.25) is 4.98 Å². The molecular weight excluding hydrogens is 256 g/mol. The van der Waals surface area contributed by atoms with Gasteiger partial charge in [0.25, 0.3) is 0 Å². The Morgan fingerprint density at radius 2 is 2.35 bits per heavy atom. The van der Waals surface area contributed by atoms with Crippen LogP contribution < -0.4 is 5.73 Å². The van der Waals surface area contributed by atoms with Crippen LogP contribution in [0.2, 0.25) is 0 Å². The van der Waals surface area contributed by atoms with Gasteiger partial charge in [-0.2, -0.15) is 0 Å². The van der Waals surface area contributed by atoms with Crippen molar-refractivity contribution >= 4 is 34.8 Å². The minimum Gasteiger partial charge on any atom is -0.477 e. The lowest BCUT2D eigenvalue weighted by molar-refractivity contribution is 0.0701. The van der Waals surface area contributed by atoms with Crippen molar-refractivity contribution in [1.29, 1.82) is 0 Å². The summed E-state index contributed by atoms with van der Waals surface area (Å²) < 4.78 is 0. The molecule has 0 aliphatic rings. The van der Waals surface area contributed by atoms with E-state index in [2.05, 4.69) is 4.98 Å². The monoisotopic (exact) mass is 266 g/mol. The molecule has 0 bridgehead atoms. The molecule has 0 amide bonds. The number of carbonyl (C=O) groups is 1. The maximum Gasteiger partial charge on any atom is 0.346 e. The van der Waals surface area contributed by atoms with Gasteiger partial charge in [0.15, 0.2) is 0 Å². The van der Waals surface area contributed by atoms with E-state index in [4.69, 9.17) is 10.8 Å². The molecule has 0 fully saturated rings. The van der Waals surface area contributed by atoms with E-state index >= 15 is 0 Å². The number of carboxylic acids is 1. The van der Waals surface area contributed by atoms with E-state index in [1.165, 1.54) is 23.1 Å². The number of hydrogen-bond acceptors (Lipinski definition) is 5. The van der Waals surface area contributed by atoms with Crippen molar-refractivity contribution in [2.75, 3.05) is 5.73 Å². The number of pyridine rings is 1. The van der Waals surface area contributed by atoms with E-state index in [1.807, 2.05) is 12.1 Å². The van der Waals surface area contributed by atoms with Crippen LogP contribution in [0.5, 0.6) is 0 Å². The number of nitrogen functional groups attached to an aromatic ring is 1. The van der Waals surface area contributed by atoms with Crippen LogP contribution in [0.15, 0.2) is 34.8 Å². The van der Waals surface area contributed by atoms with Crippen molar-refractivity contribution in [3.63, 3.8) is 0 Å². The van der Waals surface area contributed by atoms with Crippen LogP contribution in [0.1, 0.15) is 15.2 Å². The van der Waals surface area contributed by atoms with E-state index in [9.17, 15) is 4.79 Å². The Balaban J connectivity index is 2.10. The van der Waals surface area contributed by atoms with Crippen LogP contribution in [0.4, 0.5) is 5.69 Å². The van der Waals surface area contributed by atoms with Gasteiger partial charge in [-0.25, -0.2) is 4.79 Å². The van der Waals surface area contributed by atoms with Crippen molar-refractivity contribution in [3.8, 4) is 0 Å². The first-order chi connectivity index (χ1) is 8.18. The SMILES string of the molecule is Nc1cnccc1SCc1ccsc1C(=O)O. The summed E-state index contributed by atoms with van der Waals surface area (Å²) in [6.45, 7) is 0. The second-order valence-electron chi connectivity index (χ2n) is 3.28. The van der Waals surface area contributed by atoms with Gasteiger partial charge in [0.1, 0.15) is 4.88 Å². The predicted molar refractivity (Wildman–Crippen MR) is 69.5 cm³/mol. The summed E-state index contributed by atoms with van der Waals surface area (Å²) in [6, 6.07) is 3.66. The first kappa shape index (κ1) is 11.9. The molecule has 17 heavy (non-hydrogen) atoms. The van der Waals surface area contributed by atoms with Crippen LogP contribution in [-0.2, 0) is 5.75 Å². The molecule has 0 spiro atoms. The third-order valence-corrected chi connectivity index (χ3v) is 4.22. The number of nitrogens with zero attached hydrogens (tertiary/aromatic N) is 1. The van der Waals surface area contributed by atoms with Gasteiger partial charge in [-0.15, -0.1) is 23.1 Å². The molecule has 2 heterocycles. The number of anilines is 1. The summed E-state index contributed by atoms with van der Waals surface area (Å²) in [7, 11) is 0. The molecule has 0 unspecified atom stereocenters. The Bertz CT molecular complexity index is 540. The number of carboxylic acid groups (broad SMARTS) is 1. The minimum absolute atomic E-state index is 0.394. The fraction of sp³-hybridized carbons (Fsp3) is 0.0909. The van der Waals surface area contributed by atoms with Crippen molar-refractivity contribution < 1.29 is 9.90 Å². The lowest BCUT2D eigenvalue weighted by Crippen LogP contribution is -1.96. The lowest BCUT2D eigenvalue weighted by atomic mass is 10.3. The average molecular weight is 266 g/mol. The third-order valence-electron chi connectivity index (χ3n) is 2.13. The van der Waals surface area contributed by atoms with Crippen molar-refractivity contribution in [3.05, 3.63) is 40.3 Å². The zero-order valence-electron chi connectivity index (χ0n) is 8.79. The minimum atomic E-state index is -0.877. The first-order valence-corrected chi connectivity index (χ1v) is 6.67. The Kier molecular flexibility index (Phi) is 3.65. The third kappa shape index (κ3) is 2.78. The molecule has 0 radical (unpaired) electrons. The highest BCUT2D eigenvalue weighted by atomic mass is 32.2. The largest absolute Gasteiger partial charge is 0.477 e.